The number of hydrogen-bond acceptors (Lipinski definition) is 5. The van der Waals surface area contributed by atoms with Gasteiger partial charge in [0.1, 0.15) is 0 Å². The molecule has 0 unspecified atom stereocenters. The summed E-state index contributed by atoms with van der Waals surface area (Å²) in [7, 11) is 0. The number of nitrogens with one attached hydrogen (secondary N) is 1. The summed E-state index contributed by atoms with van der Waals surface area (Å²) >= 11 is 0. The number of para-hydroxylation sites is 1. The van der Waals surface area contributed by atoms with Crippen molar-refractivity contribution in [2.24, 2.45) is 0 Å². The third-order valence-electron chi connectivity index (χ3n) is 3.47. The van der Waals surface area contributed by atoms with Gasteiger partial charge in [-0.15, -0.1) is 0 Å². The van der Waals surface area contributed by atoms with Crippen LogP contribution in [0.3, 0.4) is 0 Å². The fraction of sp³-hybridized carbons (Fsp3) is 0.267. The van der Waals surface area contributed by atoms with Crippen LogP contribution in [0.15, 0.2) is 41.1 Å². The van der Waals surface area contributed by atoms with E-state index < -0.39 is 0 Å². The van der Waals surface area contributed by atoms with Crippen LogP contribution in [0, 0.1) is 0 Å². The van der Waals surface area contributed by atoms with Crippen molar-refractivity contribution in [1.82, 2.24) is 20.4 Å². The predicted molar refractivity (Wildman–Crippen MR) is 74.9 cm³/mol. The highest BCUT2D eigenvalue weighted by molar-refractivity contribution is 5.91. The zero-order chi connectivity index (χ0) is 13.4. The molecule has 0 atom stereocenters. The molecule has 1 N–H and O–H groups in total. The Bertz CT molecular complexity index is 743. The second-order valence-corrected chi connectivity index (χ2v) is 5.05. The molecule has 1 aromatic carbocycles. The minimum atomic E-state index is 0.552. The molecular weight excluding hydrogens is 252 g/mol. The molecule has 5 heteroatoms. The molecule has 0 aliphatic heterocycles. The summed E-state index contributed by atoms with van der Waals surface area (Å²) in [5, 5.41) is 8.44. The zero-order valence-corrected chi connectivity index (χ0v) is 10.9. The van der Waals surface area contributed by atoms with Gasteiger partial charge in [-0.2, -0.15) is 4.98 Å². The maximum absolute atomic E-state index is 5.38. The Kier molecular flexibility index (Phi) is 2.70. The number of hydrogen-bond donors (Lipinski definition) is 1. The lowest BCUT2D eigenvalue weighted by atomic mass is 10.1. The smallest absolute Gasteiger partial charge is 0.258 e. The van der Waals surface area contributed by atoms with Crippen molar-refractivity contribution < 1.29 is 4.52 Å². The predicted octanol–water partition coefficient (Wildman–Crippen LogP) is 2.54. The summed E-state index contributed by atoms with van der Waals surface area (Å²) in [6.07, 6.45) is 4.27. The Balaban J connectivity index is 1.67. The van der Waals surface area contributed by atoms with Crippen LogP contribution >= 0.6 is 0 Å². The fourth-order valence-corrected chi connectivity index (χ4v) is 2.24. The molecule has 1 saturated carbocycles. The van der Waals surface area contributed by atoms with Crippen molar-refractivity contribution >= 4 is 10.9 Å². The van der Waals surface area contributed by atoms with E-state index in [9.17, 15) is 0 Å². The highest BCUT2D eigenvalue weighted by Crippen LogP contribution is 2.26. The van der Waals surface area contributed by atoms with Crippen molar-refractivity contribution in [2.45, 2.75) is 25.4 Å². The molecule has 1 fully saturated rings. The molecule has 1 aliphatic rings. The quantitative estimate of drug-likeness (QED) is 0.786. The zero-order valence-electron chi connectivity index (χ0n) is 10.9. The van der Waals surface area contributed by atoms with Crippen LogP contribution in [-0.2, 0) is 6.54 Å². The van der Waals surface area contributed by atoms with Crippen LogP contribution in [0.1, 0.15) is 18.7 Å². The first-order valence-corrected chi connectivity index (χ1v) is 6.80. The van der Waals surface area contributed by atoms with Crippen molar-refractivity contribution in [3.8, 4) is 11.5 Å². The first-order valence-electron chi connectivity index (χ1n) is 6.80. The van der Waals surface area contributed by atoms with Gasteiger partial charge in [0, 0.05) is 17.6 Å². The van der Waals surface area contributed by atoms with E-state index in [-0.39, 0.29) is 0 Å². The van der Waals surface area contributed by atoms with E-state index in [4.69, 9.17) is 4.52 Å². The Morgan fingerprint density at radius 2 is 2.10 bits per heavy atom. The SMILES string of the molecule is c1ccc2c(-c3nc(CNC4CC4)no3)ccnc2c1. The Labute approximate surface area is 116 Å². The molecule has 100 valence electrons. The van der Waals surface area contributed by atoms with E-state index in [0.717, 1.165) is 16.5 Å². The molecule has 0 radical (unpaired) electrons. The molecular formula is C15H14N4O. The van der Waals surface area contributed by atoms with Crippen LogP contribution in [0.5, 0.6) is 0 Å². The summed E-state index contributed by atoms with van der Waals surface area (Å²) in [6, 6.07) is 10.5. The lowest BCUT2D eigenvalue weighted by Crippen LogP contribution is -2.16. The van der Waals surface area contributed by atoms with E-state index in [1.54, 1.807) is 6.20 Å². The molecule has 2 heterocycles. The van der Waals surface area contributed by atoms with Crippen LogP contribution in [0.25, 0.3) is 22.4 Å². The third-order valence-corrected chi connectivity index (χ3v) is 3.47. The second-order valence-electron chi connectivity index (χ2n) is 5.05. The van der Waals surface area contributed by atoms with Gasteiger partial charge >= 0.3 is 0 Å². The molecule has 0 spiro atoms. The second kappa shape index (κ2) is 4.68. The minimum absolute atomic E-state index is 0.552. The number of aromatic nitrogens is 3. The monoisotopic (exact) mass is 266 g/mol. The standard InChI is InChI=1S/C15H14N4O/c1-2-4-13-11(3-1)12(7-8-16-13)15-18-14(19-20-15)9-17-10-5-6-10/h1-4,7-8,10,17H,5-6,9H2. The van der Waals surface area contributed by atoms with E-state index in [1.165, 1.54) is 12.8 Å². The fourth-order valence-electron chi connectivity index (χ4n) is 2.24. The van der Waals surface area contributed by atoms with Crippen molar-refractivity contribution in [2.75, 3.05) is 0 Å². The van der Waals surface area contributed by atoms with Gasteiger partial charge in [0.15, 0.2) is 5.82 Å². The Hall–Kier alpha value is -2.27. The molecule has 20 heavy (non-hydrogen) atoms. The molecule has 5 nitrogen and oxygen atoms in total. The average Bonchev–Trinajstić information content (AvgIpc) is 3.21. The van der Waals surface area contributed by atoms with E-state index in [0.29, 0.717) is 24.3 Å². The lowest BCUT2D eigenvalue weighted by molar-refractivity contribution is 0.419. The largest absolute Gasteiger partial charge is 0.334 e. The lowest BCUT2D eigenvalue weighted by Gasteiger charge is -2.00. The molecule has 0 saturated heterocycles. The van der Waals surface area contributed by atoms with Crippen LogP contribution in [-0.4, -0.2) is 21.2 Å². The van der Waals surface area contributed by atoms with Crippen LogP contribution < -0.4 is 5.32 Å². The minimum Gasteiger partial charge on any atom is -0.334 e. The van der Waals surface area contributed by atoms with Crippen molar-refractivity contribution in [3.05, 3.63) is 42.4 Å². The molecule has 0 bridgehead atoms. The van der Waals surface area contributed by atoms with Gasteiger partial charge in [0.05, 0.1) is 17.6 Å². The van der Waals surface area contributed by atoms with E-state index in [1.807, 2.05) is 30.3 Å². The van der Waals surface area contributed by atoms with Crippen LogP contribution in [0.4, 0.5) is 0 Å². The highest BCUT2D eigenvalue weighted by atomic mass is 16.5. The maximum atomic E-state index is 5.38. The van der Waals surface area contributed by atoms with E-state index in [2.05, 4.69) is 20.4 Å². The maximum Gasteiger partial charge on any atom is 0.258 e. The third kappa shape index (κ3) is 2.16. The van der Waals surface area contributed by atoms with Gasteiger partial charge in [-0.05, 0) is 25.0 Å². The number of fused-ring (bicyclic) bond motifs is 1. The van der Waals surface area contributed by atoms with Gasteiger partial charge in [-0.3, -0.25) is 4.98 Å². The van der Waals surface area contributed by atoms with Gasteiger partial charge < -0.3 is 9.84 Å². The Morgan fingerprint density at radius 1 is 1.20 bits per heavy atom. The normalized spacial score (nSPS) is 14.8. The van der Waals surface area contributed by atoms with Crippen molar-refractivity contribution in [1.29, 1.82) is 0 Å². The summed E-state index contributed by atoms with van der Waals surface area (Å²) in [5.41, 5.74) is 1.86. The topological polar surface area (TPSA) is 63.8 Å². The molecule has 0 amide bonds. The van der Waals surface area contributed by atoms with Crippen molar-refractivity contribution in [3.63, 3.8) is 0 Å². The molecule has 2 aromatic heterocycles. The van der Waals surface area contributed by atoms with Crippen LogP contribution in [0.2, 0.25) is 0 Å². The molecule has 4 rings (SSSR count). The summed E-state index contributed by atoms with van der Waals surface area (Å²) in [4.78, 5) is 8.80. The van der Waals surface area contributed by atoms with E-state index >= 15 is 0 Å². The van der Waals surface area contributed by atoms with Gasteiger partial charge in [0.25, 0.3) is 5.89 Å². The average molecular weight is 266 g/mol. The summed E-state index contributed by atoms with van der Waals surface area (Å²) in [6.45, 7) is 0.664. The first kappa shape index (κ1) is 11.5. The summed E-state index contributed by atoms with van der Waals surface area (Å²) < 4.78 is 5.38. The number of nitrogens with zero attached hydrogens (tertiary/aromatic N) is 3. The highest BCUT2D eigenvalue weighted by Gasteiger charge is 2.21. The van der Waals surface area contributed by atoms with Gasteiger partial charge in [-0.1, -0.05) is 23.4 Å². The Morgan fingerprint density at radius 3 is 3.00 bits per heavy atom. The molecule has 3 aromatic rings. The summed E-state index contributed by atoms with van der Waals surface area (Å²) in [5.74, 6) is 1.25. The molecule has 1 aliphatic carbocycles. The van der Waals surface area contributed by atoms with Gasteiger partial charge in [-0.25, -0.2) is 0 Å². The number of benzene rings is 1. The van der Waals surface area contributed by atoms with Gasteiger partial charge in [0.2, 0.25) is 0 Å². The first-order chi connectivity index (χ1) is 9.90. The number of pyridine rings is 1. The number of rotatable bonds is 4.